The zero-order valence-corrected chi connectivity index (χ0v) is 16.2. The lowest BCUT2D eigenvalue weighted by atomic mass is 9.73. The predicted octanol–water partition coefficient (Wildman–Crippen LogP) is 2.70. The van der Waals surface area contributed by atoms with Gasteiger partial charge in [0.25, 0.3) is 5.91 Å². The molecule has 3 aliphatic heterocycles. The molecule has 2 bridgehead atoms. The fourth-order valence-corrected chi connectivity index (χ4v) is 5.57. The quantitative estimate of drug-likeness (QED) is 0.802. The molecule has 3 saturated heterocycles. The topological polar surface area (TPSA) is 50.8 Å². The summed E-state index contributed by atoms with van der Waals surface area (Å²) in [7, 11) is 0. The number of benzene rings is 1. The van der Waals surface area contributed by atoms with Gasteiger partial charge in [0.2, 0.25) is 0 Å². The van der Waals surface area contributed by atoms with Crippen molar-refractivity contribution in [1.29, 1.82) is 0 Å². The molecule has 1 aromatic carbocycles. The van der Waals surface area contributed by atoms with E-state index < -0.39 is 0 Å². The van der Waals surface area contributed by atoms with E-state index in [4.69, 9.17) is 9.47 Å². The molecule has 4 atom stereocenters. The summed E-state index contributed by atoms with van der Waals surface area (Å²) in [5, 5.41) is 3.18. The summed E-state index contributed by atoms with van der Waals surface area (Å²) in [6, 6.07) is 7.44. The Bertz CT molecular complexity index is 719. The molecule has 146 valence electrons. The number of rotatable bonds is 7. The lowest BCUT2D eigenvalue weighted by molar-refractivity contribution is 0.00244. The molecule has 0 radical (unpaired) electrons. The molecular weight excluding hydrogens is 340 g/mol. The molecule has 4 fully saturated rings. The molecule has 3 heterocycles. The van der Waals surface area contributed by atoms with Crippen LogP contribution in [-0.2, 0) is 4.74 Å². The Balaban J connectivity index is 1.22. The van der Waals surface area contributed by atoms with Gasteiger partial charge in [-0.15, -0.1) is 0 Å². The van der Waals surface area contributed by atoms with Crippen LogP contribution in [0.3, 0.4) is 0 Å². The van der Waals surface area contributed by atoms with Crippen LogP contribution < -0.4 is 10.1 Å². The molecule has 1 aliphatic carbocycles. The SMILES string of the molecule is CCOc1cccc(C(=O)NC[C@H]2[C@H]3CN(CC4CC4)C[C@]34CC[C@H]2O4)c1. The van der Waals surface area contributed by atoms with Crippen LogP contribution in [0.15, 0.2) is 24.3 Å². The first-order valence-corrected chi connectivity index (χ1v) is 10.6. The summed E-state index contributed by atoms with van der Waals surface area (Å²) in [4.78, 5) is 15.3. The molecule has 1 spiro atoms. The lowest BCUT2D eigenvalue weighted by Gasteiger charge is -2.29. The van der Waals surface area contributed by atoms with Crippen molar-refractivity contribution in [3.8, 4) is 5.75 Å². The summed E-state index contributed by atoms with van der Waals surface area (Å²) >= 11 is 0. The second kappa shape index (κ2) is 6.78. The molecule has 5 nitrogen and oxygen atoms in total. The van der Waals surface area contributed by atoms with Crippen molar-refractivity contribution in [2.24, 2.45) is 17.8 Å². The van der Waals surface area contributed by atoms with Crippen molar-refractivity contribution >= 4 is 5.91 Å². The average molecular weight is 370 g/mol. The number of ether oxygens (including phenoxy) is 2. The van der Waals surface area contributed by atoms with Crippen LogP contribution in [-0.4, -0.2) is 55.3 Å². The smallest absolute Gasteiger partial charge is 0.251 e. The van der Waals surface area contributed by atoms with Crippen LogP contribution in [0, 0.1) is 17.8 Å². The number of nitrogens with zero attached hydrogens (tertiary/aromatic N) is 1. The van der Waals surface area contributed by atoms with Gasteiger partial charge in [0.1, 0.15) is 5.75 Å². The first kappa shape index (κ1) is 17.5. The van der Waals surface area contributed by atoms with E-state index in [2.05, 4.69) is 10.2 Å². The maximum absolute atomic E-state index is 12.7. The molecule has 5 rings (SSSR count). The van der Waals surface area contributed by atoms with Crippen molar-refractivity contribution in [2.75, 3.05) is 32.8 Å². The van der Waals surface area contributed by atoms with E-state index in [9.17, 15) is 4.79 Å². The highest BCUT2D eigenvalue weighted by atomic mass is 16.5. The van der Waals surface area contributed by atoms with Crippen molar-refractivity contribution in [3.63, 3.8) is 0 Å². The molecule has 27 heavy (non-hydrogen) atoms. The van der Waals surface area contributed by atoms with E-state index in [0.717, 1.165) is 31.2 Å². The Morgan fingerprint density at radius 2 is 2.26 bits per heavy atom. The summed E-state index contributed by atoms with van der Waals surface area (Å²) in [6.45, 7) is 6.76. The lowest BCUT2D eigenvalue weighted by Crippen LogP contribution is -2.41. The molecule has 4 aliphatic rings. The third kappa shape index (κ3) is 3.25. The van der Waals surface area contributed by atoms with Crippen molar-refractivity contribution in [2.45, 2.75) is 44.3 Å². The highest BCUT2D eigenvalue weighted by Gasteiger charge is 2.62. The standard InChI is InChI=1S/C22H30N2O3/c1-2-26-17-5-3-4-16(10-17)21(25)23-11-18-19-13-24(12-15-6-7-15)14-22(19)9-8-20(18)27-22/h3-5,10,15,18-20H,2,6-9,11-14H2,1H3,(H,23,25)/t18-,19+,20+,22+/m0/s1. The number of amides is 1. The van der Waals surface area contributed by atoms with Crippen LogP contribution in [0.1, 0.15) is 43.0 Å². The third-order valence-electron chi connectivity index (χ3n) is 6.97. The number of nitrogens with one attached hydrogen (secondary N) is 1. The molecule has 5 heteroatoms. The minimum absolute atomic E-state index is 0.0128. The summed E-state index contributed by atoms with van der Waals surface area (Å²) in [5.74, 6) is 2.68. The average Bonchev–Trinajstić information content (AvgIpc) is 3.16. The van der Waals surface area contributed by atoms with Gasteiger partial charge in [-0.25, -0.2) is 0 Å². The maximum Gasteiger partial charge on any atom is 0.251 e. The zero-order valence-electron chi connectivity index (χ0n) is 16.2. The van der Waals surface area contributed by atoms with Crippen molar-refractivity contribution in [3.05, 3.63) is 29.8 Å². The van der Waals surface area contributed by atoms with Gasteiger partial charge >= 0.3 is 0 Å². The number of hydrogen-bond donors (Lipinski definition) is 1. The van der Waals surface area contributed by atoms with E-state index in [1.54, 1.807) is 0 Å². The largest absolute Gasteiger partial charge is 0.494 e. The second-order valence-corrected chi connectivity index (χ2v) is 8.84. The number of likely N-dealkylation sites (tertiary alicyclic amines) is 1. The minimum atomic E-state index is -0.0128. The fourth-order valence-electron chi connectivity index (χ4n) is 5.57. The molecule has 0 aromatic heterocycles. The van der Waals surface area contributed by atoms with Crippen LogP contribution in [0.4, 0.5) is 0 Å². The number of hydrogen-bond acceptors (Lipinski definition) is 4. The molecule has 1 saturated carbocycles. The molecule has 1 N–H and O–H groups in total. The summed E-state index contributed by atoms with van der Waals surface area (Å²) in [6.07, 6.45) is 5.47. The molecule has 1 aromatic rings. The number of fused-ring (bicyclic) bond motifs is 1. The van der Waals surface area contributed by atoms with Crippen LogP contribution in [0.25, 0.3) is 0 Å². The normalized spacial score (nSPS) is 34.6. The Labute approximate surface area is 161 Å². The van der Waals surface area contributed by atoms with E-state index in [0.29, 0.717) is 36.7 Å². The van der Waals surface area contributed by atoms with Crippen LogP contribution >= 0.6 is 0 Å². The van der Waals surface area contributed by atoms with Gasteiger partial charge in [-0.1, -0.05) is 6.07 Å². The Morgan fingerprint density at radius 3 is 3.07 bits per heavy atom. The highest BCUT2D eigenvalue weighted by molar-refractivity contribution is 5.94. The van der Waals surface area contributed by atoms with Gasteiger partial charge in [-0.2, -0.15) is 0 Å². The Kier molecular flexibility index (Phi) is 4.40. The van der Waals surface area contributed by atoms with Gasteiger partial charge in [-0.3, -0.25) is 9.69 Å². The highest BCUT2D eigenvalue weighted by Crippen LogP contribution is 2.55. The first-order chi connectivity index (χ1) is 13.2. The van der Waals surface area contributed by atoms with E-state index in [1.165, 1.54) is 25.8 Å². The van der Waals surface area contributed by atoms with Gasteiger partial charge in [0, 0.05) is 43.6 Å². The van der Waals surface area contributed by atoms with Crippen molar-refractivity contribution in [1.82, 2.24) is 10.2 Å². The fraction of sp³-hybridized carbons (Fsp3) is 0.682. The van der Waals surface area contributed by atoms with E-state index >= 15 is 0 Å². The third-order valence-corrected chi connectivity index (χ3v) is 6.97. The Morgan fingerprint density at radius 1 is 1.37 bits per heavy atom. The van der Waals surface area contributed by atoms with Gasteiger partial charge in [-0.05, 0) is 56.7 Å². The van der Waals surface area contributed by atoms with E-state index in [1.807, 2.05) is 31.2 Å². The van der Waals surface area contributed by atoms with Crippen molar-refractivity contribution < 1.29 is 14.3 Å². The van der Waals surface area contributed by atoms with Crippen LogP contribution in [0.5, 0.6) is 5.75 Å². The van der Waals surface area contributed by atoms with Gasteiger partial charge in [0.15, 0.2) is 0 Å². The zero-order chi connectivity index (χ0) is 18.4. The molecule has 1 amide bonds. The van der Waals surface area contributed by atoms with Gasteiger partial charge < -0.3 is 14.8 Å². The van der Waals surface area contributed by atoms with Crippen LogP contribution in [0.2, 0.25) is 0 Å². The Hall–Kier alpha value is -1.59. The van der Waals surface area contributed by atoms with Gasteiger partial charge in [0.05, 0.1) is 18.3 Å². The molecule has 0 unspecified atom stereocenters. The number of carbonyl (C=O) groups excluding carboxylic acids is 1. The predicted molar refractivity (Wildman–Crippen MR) is 103 cm³/mol. The minimum Gasteiger partial charge on any atom is -0.494 e. The second-order valence-electron chi connectivity index (χ2n) is 8.84. The summed E-state index contributed by atoms with van der Waals surface area (Å²) in [5.41, 5.74) is 0.741. The maximum atomic E-state index is 12.7. The first-order valence-electron chi connectivity index (χ1n) is 10.6. The molecular formula is C22H30N2O3. The monoisotopic (exact) mass is 370 g/mol. The number of carbonyl (C=O) groups is 1. The van der Waals surface area contributed by atoms with E-state index in [-0.39, 0.29) is 11.5 Å². The summed E-state index contributed by atoms with van der Waals surface area (Å²) < 4.78 is 12.0.